The third kappa shape index (κ3) is 5.88. The summed E-state index contributed by atoms with van der Waals surface area (Å²) >= 11 is 1.81. The predicted octanol–water partition coefficient (Wildman–Crippen LogP) is 4.13. The third-order valence-corrected chi connectivity index (χ3v) is 8.18. The first-order valence-corrected chi connectivity index (χ1v) is 13.6. The molecule has 0 N–H and O–H groups in total. The van der Waals surface area contributed by atoms with E-state index in [-0.39, 0.29) is 17.6 Å². The van der Waals surface area contributed by atoms with Gasteiger partial charge in [-0.15, -0.1) is 11.3 Å². The first kappa shape index (κ1) is 25.7. The summed E-state index contributed by atoms with van der Waals surface area (Å²) in [5.41, 5.74) is 2.02. The smallest absolute Gasteiger partial charge is 0.329 e. The van der Waals surface area contributed by atoms with E-state index in [9.17, 15) is 9.59 Å². The molecule has 5 rings (SSSR count). The van der Waals surface area contributed by atoms with E-state index < -0.39 is 0 Å². The summed E-state index contributed by atoms with van der Waals surface area (Å²) in [5, 5.41) is 2.13. The van der Waals surface area contributed by atoms with Crippen LogP contribution in [-0.2, 0) is 23.1 Å². The van der Waals surface area contributed by atoms with Crippen LogP contribution in [0.1, 0.15) is 43.5 Å². The Labute approximate surface area is 211 Å². The van der Waals surface area contributed by atoms with Gasteiger partial charge < -0.3 is 9.64 Å². The molecule has 190 valence electrons. The number of methoxy groups -OCH3 is 1. The van der Waals surface area contributed by atoms with Crippen molar-refractivity contribution in [3.05, 3.63) is 57.1 Å². The van der Waals surface area contributed by atoms with Gasteiger partial charge in [0.2, 0.25) is 5.91 Å². The fourth-order valence-electron chi connectivity index (χ4n) is 5.24. The van der Waals surface area contributed by atoms with Gasteiger partial charge in [-0.05, 0) is 69.3 Å². The van der Waals surface area contributed by atoms with Crippen LogP contribution in [0.2, 0.25) is 0 Å². The second kappa shape index (κ2) is 12.0. The molecule has 4 heterocycles. The van der Waals surface area contributed by atoms with E-state index in [0.717, 1.165) is 76.0 Å². The minimum atomic E-state index is 0.0455. The molecule has 2 saturated heterocycles. The second-order valence-corrected chi connectivity index (χ2v) is 10.5. The normalized spacial score (nSPS) is 18.0. The number of likely N-dealkylation sites (tertiary alicyclic amines) is 2. The Kier molecular flexibility index (Phi) is 8.81. The molecule has 7 nitrogen and oxygen atoms in total. The van der Waals surface area contributed by atoms with Crippen molar-refractivity contribution >= 4 is 28.3 Å². The molecule has 0 bridgehead atoms. The molecule has 2 fully saturated rings. The van der Waals surface area contributed by atoms with E-state index >= 15 is 0 Å². The molecule has 2 aromatic heterocycles. The van der Waals surface area contributed by atoms with Crippen molar-refractivity contribution in [1.29, 1.82) is 0 Å². The maximum Gasteiger partial charge on any atom is 0.329 e. The lowest BCUT2D eigenvalue weighted by molar-refractivity contribution is -0.138. The summed E-state index contributed by atoms with van der Waals surface area (Å²) in [6.07, 6.45) is 3.59. The van der Waals surface area contributed by atoms with E-state index in [1.807, 2.05) is 47.7 Å². The van der Waals surface area contributed by atoms with Gasteiger partial charge in [0.1, 0.15) is 0 Å². The molecule has 0 spiro atoms. The highest BCUT2D eigenvalue weighted by Gasteiger charge is 2.32. The summed E-state index contributed by atoms with van der Waals surface area (Å²) in [6, 6.07) is 12.4. The Morgan fingerprint density at radius 2 is 1.66 bits per heavy atom. The van der Waals surface area contributed by atoms with E-state index in [0.29, 0.717) is 5.91 Å². The summed E-state index contributed by atoms with van der Waals surface area (Å²) in [4.78, 5) is 31.9. The number of thiophene rings is 1. The lowest BCUT2D eigenvalue weighted by Crippen LogP contribution is -2.46. The number of aryl methyl sites for hydroxylation is 1. The van der Waals surface area contributed by atoms with Crippen LogP contribution in [0.5, 0.6) is 0 Å². The zero-order chi connectivity index (χ0) is 24.8. The first-order valence-electron chi connectivity index (χ1n) is 12.7. The van der Waals surface area contributed by atoms with Crippen LogP contribution < -0.4 is 5.69 Å². The van der Waals surface area contributed by atoms with Gasteiger partial charge in [-0.3, -0.25) is 18.8 Å². The number of ether oxygens (including phenoxy) is 1. The van der Waals surface area contributed by atoms with Crippen LogP contribution in [0.25, 0.3) is 11.0 Å². The summed E-state index contributed by atoms with van der Waals surface area (Å²) in [7, 11) is 3.52. The Morgan fingerprint density at radius 3 is 2.26 bits per heavy atom. The number of benzene rings is 1. The molecular formula is C27H38N4O3S. The highest BCUT2D eigenvalue weighted by atomic mass is 32.1. The maximum absolute atomic E-state index is 13.1. The highest BCUT2D eigenvalue weighted by Crippen LogP contribution is 2.28. The monoisotopic (exact) mass is 498 g/mol. The van der Waals surface area contributed by atoms with Crippen molar-refractivity contribution in [3.63, 3.8) is 0 Å². The molecule has 2 aliphatic heterocycles. The van der Waals surface area contributed by atoms with Gasteiger partial charge in [-0.25, -0.2) is 4.79 Å². The molecule has 8 heteroatoms. The van der Waals surface area contributed by atoms with Gasteiger partial charge >= 0.3 is 5.69 Å². The molecule has 2 aliphatic rings. The Morgan fingerprint density at radius 1 is 1.00 bits per heavy atom. The minimum Gasteiger partial charge on any atom is -0.385 e. The number of rotatable bonds is 5. The van der Waals surface area contributed by atoms with Crippen molar-refractivity contribution in [2.75, 3.05) is 39.9 Å². The average molecular weight is 499 g/mol. The summed E-state index contributed by atoms with van der Waals surface area (Å²) in [5.74, 6) is 0.468. The number of nitrogens with zero attached hydrogens (tertiary/aromatic N) is 4. The maximum atomic E-state index is 13.1. The predicted molar refractivity (Wildman–Crippen MR) is 142 cm³/mol. The number of hydrogen-bond acceptors (Lipinski definition) is 5. The van der Waals surface area contributed by atoms with E-state index in [2.05, 4.69) is 27.1 Å². The number of hydrogen-bond donors (Lipinski definition) is 0. The fraction of sp³-hybridized carbons (Fsp3) is 0.556. The number of imidazole rings is 1. The van der Waals surface area contributed by atoms with Crippen molar-refractivity contribution in [2.45, 2.75) is 45.2 Å². The van der Waals surface area contributed by atoms with Crippen LogP contribution in [0.15, 0.2) is 46.6 Å². The zero-order valence-corrected chi connectivity index (χ0v) is 22.0. The Balaban J connectivity index is 0.000000672. The average Bonchev–Trinajstić information content (AvgIpc) is 3.50. The molecule has 0 aliphatic carbocycles. The number of carbonyl (C=O) groups is 1. The minimum absolute atomic E-state index is 0.0455. The van der Waals surface area contributed by atoms with E-state index in [1.165, 1.54) is 4.88 Å². The van der Waals surface area contributed by atoms with Crippen LogP contribution in [0.3, 0.4) is 0 Å². The number of carbonyl (C=O) groups excluding carboxylic acids is 1. The van der Waals surface area contributed by atoms with E-state index in [1.54, 1.807) is 23.0 Å². The number of aromatic nitrogens is 2. The number of para-hydroxylation sites is 2. The van der Waals surface area contributed by atoms with Gasteiger partial charge in [-0.2, -0.15) is 0 Å². The molecule has 0 atom stereocenters. The molecule has 0 saturated carbocycles. The zero-order valence-electron chi connectivity index (χ0n) is 21.2. The third-order valence-electron chi connectivity index (χ3n) is 7.32. The molecule has 3 aromatic rings. The lowest BCUT2D eigenvalue weighted by atomic mass is 9.93. The van der Waals surface area contributed by atoms with Crippen LogP contribution in [0, 0.1) is 5.92 Å². The van der Waals surface area contributed by atoms with Crippen LogP contribution >= 0.6 is 11.3 Å². The Hall–Kier alpha value is -2.42. The summed E-state index contributed by atoms with van der Waals surface area (Å²) in [6.45, 7) is 7.26. The number of amides is 1. The number of fused-ring (bicyclic) bond motifs is 1. The fourth-order valence-corrected chi connectivity index (χ4v) is 5.98. The highest BCUT2D eigenvalue weighted by molar-refractivity contribution is 7.09. The van der Waals surface area contributed by atoms with Crippen molar-refractivity contribution in [1.82, 2.24) is 18.9 Å². The van der Waals surface area contributed by atoms with Gasteiger partial charge in [-0.1, -0.05) is 18.2 Å². The molecule has 0 unspecified atom stereocenters. The van der Waals surface area contributed by atoms with Crippen molar-refractivity contribution in [2.24, 2.45) is 13.0 Å². The van der Waals surface area contributed by atoms with Crippen LogP contribution in [-0.4, -0.2) is 64.7 Å². The van der Waals surface area contributed by atoms with Crippen molar-refractivity contribution < 1.29 is 9.53 Å². The quantitative estimate of drug-likeness (QED) is 0.531. The number of piperidine rings is 2. The molecule has 35 heavy (non-hydrogen) atoms. The van der Waals surface area contributed by atoms with Crippen LogP contribution in [0.4, 0.5) is 0 Å². The second-order valence-electron chi connectivity index (χ2n) is 9.46. The van der Waals surface area contributed by atoms with Crippen molar-refractivity contribution in [3.8, 4) is 0 Å². The largest absolute Gasteiger partial charge is 0.385 e. The summed E-state index contributed by atoms with van der Waals surface area (Å²) < 4.78 is 8.22. The lowest BCUT2D eigenvalue weighted by Gasteiger charge is -2.37. The van der Waals surface area contributed by atoms with Gasteiger partial charge in [0.15, 0.2) is 0 Å². The molecule has 1 aromatic carbocycles. The standard InChI is InChI=1S/C24H30N4O2S.C3H8O/c1-25-21-6-2-3-7-22(21)28(24(25)30)19-10-14-27(15-11-19)23(29)18-8-12-26(13-9-18)17-20-5-4-16-31-20;1-3-4-2/h2-7,16,18-19H,8-15,17H2,1H3;3H2,1-2H3. The van der Waals surface area contributed by atoms with E-state index in [4.69, 9.17) is 0 Å². The topological polar surface area (TPSA) is 59.7 Å². The molecular weight excluding hydrogens is 460 g/mol. The SMILES string of the molecule is CCOC.Cn1c(=O)n(C2CCN(C(=O)C3CCN(Cc4cccs4)CC3)CC2)c2ccccc21. The molecule has 1 amide bonds. The molecule has 0 radical (unpaired) electrons. The van der Waals surface area contributed by atoms with Gasteiger partial charge in [0.05, 0.1) is 11.0 Å². The Bertz CT molecular complexity index is 1140. The van der Waals surface area contributed by atoms with Gasteiger partial charge in [0.25, 0.3) is 0 Å². The first-order chi connectivity index (χ1) is 17.0. The van der Waals surface area contributed by atoms with Gasteiger partial charge in [0, 0.05) is 57.2 Å².